The minimum absolute atomic E-state index is 0.0193. The zero-order valence-electron chi connectivity index (χ0n) is 18.1. The van der Waals surface area contributed by atoms with Gasteiger partial charge in [0, 0.05) is 12.6 Å². The summed E-state index contributed by atoms with van der Waals surface area (Å²) in [6.45, 7) is 4.59. The summed E-state index contributed by atoms with van der Waals surface area (Å²) in [6, 6.07) is 9.51. The minimum atomic E-state index is -3.93. The Kier molecular flexibility index (Phi) is 8.01. The van der Waals surface area contributed by atoms with E-state index < -0.39 is 28.0 Å². The van der Waals surface area contributed by atoms with Crippen LogP contribution in [0.1, 0.15) is 32.4 Å². The zero-order valence-corrected chi connectivity index (χ0v) is 18.9. The second kappa shape index (κ2) is 10.3. The third-order valence-electron chi connectivity index (χ3n) is 4.48. The third-order valence-corrected chi connectivity index (χ3v) is 6.03. The van der Waals surface area contributed by atoms with Gasteiger partial charge >= 0.3 is 0 Å². The lowest BCUT2D eigenvalue weighted by Gasteiger charge is -2.20. The predicted octanol–water partition coefficient (Wildman–Crippen LogP) is 2.21. The first-order valence-electron chi connectivity index (χ1n) is 9.49. The Bertz CT molecular complexity index is 1040. The third kappa shape index (κ3) is 6.43. The quantitative estimate of drug-likeness (QED) is 0.539. The van der Waals surface area contributed by atoms with Crippen molar-refractivity contribution >= 4 is 27.5 Å². The molecule has 3 N–H and O–H groups in total. The standard InChI is InChI=1S/C21H27N3O6S/c1-13(16-6-11-19(29-4)20(12-16)30-5)22-21(26)14(2)24-31(27,28)18-9-7-17(8-10-18)23-15(3)25/h6-14,24H,1-5H3,(H,22,26)(H,23,25)/t13?,14-/m0/s1. The van der Waals surface area contributed by atoms with E-state index in [4.69, 9.17) is 9.47 Å². The molecule has 31 heavy (non-hydrogen) atoms. The maximum atomic E-state index is 12.6. The van der Waals surface area contributed by atoms with Crippen LogP contribution in [0, 0.1) is 0 Å². The molecule has 2 aromatic carbocycles. The minimum Gasteiger partial charge on any atom is -0.493 e. The molecule has 168 valence electrons. The van der Waals surface area contributed by atoms with Gasteiger partial charge in [-0.05, 0) is 55.8 Å². The second-order valence-corrected chi connectivity index (χ2v) is 8.61. The number of amides is 2. The number of ether oxygens (including phenoxy) is 2. The number of hydrogen-bond acceptors (Lipinski definition) is 6. The highest BCUT2D eigenvalue weighted by Crippen LogP contribution is 2.29. The molecule has 2 rings (SSSR count). The highest BCUT2D eigenvalue weighted by molar-refractivity contribution is 7.89. The van der Waals surface area contributed by atoms with E-state index in [0.717, 1.165) is 5.56 Å². The summed E-state index contributed by atoms with van der Waals surface area (Å²) in [7, 11) is -0.880. The van der Waals surface area contributed by atoms with Crippen molar-refractivity contribution in [3.05, 3.63) is 48.0 Å². The van der Waals surface area contributed by atoms with E-state index in [2.05, 4.69) is 15.4 Å². The molecule has 9 nitrogen and oxygen atoms in total. The fourth-order valence-electron chi connectivity index (χ4n) is 2.82. The molecule has 10 heteroatoms. The van der Waals surface area contributed by atoms with Crippen LogP contribution in [0.3, 0.4) is 0 Å². The lowest BCUT2D eigenvalue weighted by Crippen LogP contribution is -2.45. The molecule has 0 saturated carbocycles. The first-order chi connectivity index (χ1) is 14.6. The average Bonchev–Trinajstić information content (AvgIpc) is 2.72. The van der Waals surface area contributed by atoms with E-state index in [9.17, 15) is 18.0 Å². The van der Waals surface area contributed by atoms with Gasteiger partial charge < -0.3 is 20.1 Å². The van der Waals surface area contributed by atoms with Gasteiger partial charge in [-0.1, -0.05) is 6.07 Å². The van der Waals surface area contributed by atoms with Gasteiger partial charge in [-0.25, -0.2) is 8.42 Å². The molecule has 0 fully saturated rings. The number of sulfonamides is 1. The first kappa shape index (κ1) is 24.2. The lowest BCUT2D eigenvalue weighted by atomic mass is 10.1. The molecular formula is C21H27N3O6S. The molecule has 2 atom stereocenters. The van der Waals surface area contributed by atoms with Crippen molar-refractivity contribution in [1.82, 2.24) is 10.0 Å². The van der Waals surface area contributed by atoms with Crippen LogP contribution in [-0.4, -0.2) is 40.5 Å². The molecule has 0 aliphatic rings. The number of anilines is 1. The summed E-state index contributed by atoms with van der Waals surface area (Å²) < 4.78 is 38.0. The van der Waals surface area contributed by atoms with Crippen molar-refractivity contribution < 1.29 is 27.5 Å². The molecule has 1 unspecified atom stereocenters. The van der Waals surface area contributed by atoms with Crippen molar-refractivity contribution in [3.63, 3.8) is 0 Å². The smallest absolute Gasteiger partial charge is 0.241 e. The van der Waals surface area contributed by atoms with E-state index >= 15 is 0 Å². The fourth-order valence-corrected chi connectivity index (χ4v) is 4.02. The number of hydrogen-bond donors (Lipinski definition) is 3. The van der Waals surface area contributed by atoms with Gasteiger partial charge in [0.05, 0.1) is 31.2 Å². The molecule has 0 radical (unpaired) electrons. The molecule has 2 aromatic rings. The second-order valence-electron chi connectivity index (χ2n) is 6.89. The van der Waals surface area contributed by atoms with E-state index in [1.54, 1.807) is 25.1 Å². The maximum absolute atomic E-state index is 12.6. The number of carbonyl (C=O) groups excluding carboxylic acids is 2. The Morgan fingerprint density at radius 1 is 0.935 bits per heavy atom. The van der Waals surface area contributed by atoms with Crippen molar-refractivity contribution in [3.8, 4) is 11.5 Å². The molecule has 0 saturated heterocycles. The Morgan fingerprint density at radius 3 is 2.10 bits per heavy atom. The lowest BCUT2D eigenvalue weighted by molar-refractivity contribution is -0.123. The Morgan fingerprint density at radius 2 is 1.55 bits per heavy atom. The first-order valence-corrected chi connectivity index (χ1v) is 11.0. The number of benzene rings is 2. The van der Waals surface area contributed by atoms with Gasteiger partial charge in [-0.3, -0.25) is 9.59 Å². The molecule has 0 bridgehead atoms. The van der Waals surface area contributed by atoms with Crippen LogP contribution in [0.4, 0.5) is 5.69 Å². The summed E-state index contributed by atoms with van der Waals surface area (Å²) in [5.74, 6) is 0.344. The van der Waals surface area contributed by atoms with Gasteiger partial charge in [0.1, 0.15) is 0 Å². The Balaban J connectivity index is 2.05. The summed E-state index contributed by atoms with van der Waals surface area (Å²) >= 11 is 0. The zero-order chi connectivity index (χ0) is 23.2. The van der Waals surface area contributed by atoms with Gasteiger partial charge in [0.2, 0.25) is 21.8 Å². The summed E-state index contributed by atoms with van der Waals surface area (Å²) in [5, 5.41) is 5.34. The average molecular weight is 450 g/mol. The Labute approximate surface area is 182 Å². The molecule has 2 amide bonds. The van der Waals surface area contributed by atoms with Crippen LogP contribution in [0.5, 0.6) is 11.5 Å². The van der Waals surface area contributed by atoms with E-state index in [0.29, 0.717) is 17.2 Å². The largest absolute Gasteiger partial charge is 0.493 e. The number of methoxy groups -OCH3 is 2. The van der Waals surface area contributed by atoms with Gasteiger partial charge in [-0.2, -0.15) is 4.72 Å². The van der Waals surface area contributed by atoms with Crippen LogP contribution in [-0.2, 0) is 19.6 Å². The SMILES string of the molecule is COc1ccc(C(C)NC(=O)[C@H](C)NS(=O)(=O)c2ccc(NC(C)=O)cc2)cc1OC. The molecule has 0 aliphatic heterocycles. The van der Waals surface area contributed by atoms with Crippen LogP contribution in [0.2, 0.25) is 0 Å². The monoisotopic (exact) mass is 449 g/mol. The van der Waals surface area contributed by atoms with Gasteiger partial charge in [-0.15, -0.1) is 0 Å². The number of nitrogens with one attached hydrogen (secondary N) is 3. The van der Waals surface area contributed by atoms with Crippen molar-refractivity contribution in [2.45, 2.75) is 37.8 Å². The summed E-state index contributed by atoms with van der Waals surface area (Å²) in [6.07, 6.45) is 0. The molecule has 0 heterocycles. The van der Waals surface area contributed by atoms with Crippen LogP contribution in [0.25, 0.3) is 0 Å². The van der Waals surface area contributed by atoms with Crippen molar-refractivity contribution in [1.29, 1.82) is 0 Å². The normalized spacial score (nSPS) is 13.1. The van der Waals surface area contributed by atoms with Crippen molar-refractivity contribution in [2.75, 3.05) is 19.5 Å². The van der Waals surface area contributed by atoms with Crippen LogP contribution < -0.4 is 24.8 Å². The van der Waals surface area contributed by atoms with E-state index in [1.165, 1.54) is 52.3 Å². The predicted molar refractivity (Wildman–Crippen MR) is 117 cm³/mol. The highest BCUT2D eigenvalue weighted by Gasteiger charge is 2.23. The Hall–Kier alpha value is -3.11. The molecule has 0 aliphatic carbocycles. The number of carbonyl (C=O) groups is 2. The topological polar surface area (TPSA) is 123 Å². The van der Waals surface area contributed by atoms with Crippen molar-refractivity contribution in [2.24, 2.45) is 0 Å². The van der Waals surface area contributed by atoms with Crippen LogP contribution >= 0.6 is 0 Å². The van der Waals surface area contributed by atoms with E-state index in [1.807, 2.05) is 0 Å². The molecule has 0 aromatic heterocycles. The fraction of sp³-hybridized carbons (Fsp3) is 0.333. The van der Waals surface area contributed by atoms with Gasteiger partial charge in [0.25, 0.3) is 0 Å². The highest BCUT2D eigenvalue weighted by atomic mass is 32.2. The maximum Gasteiger partial charge on any atom is 0.241 e. The molecule has 0 spiro atoms. The molecular weight excluding hydrogens is 422 g/mol. The van der Waals surface area contributed by atoms with Crippen LogP contribution in [0.15, 0.2) is 47.4 Å². The van der Waals surface area contributed by atoms with Gasteiger partial charge in [0.15, 0.2) is 11.5 Å². The number of rotatable bonds is 9. The summed E-state index contributed by atoms with van der Waals surface area (Å²) in [4.78, 5) is 23.6. The van der Waals surface area contributed by atoms with E-state index in [-0.39, 0.29) is 10.8 Å². The summed E-state index contributed by atoms with van der Waals surface area (Å²) in [5.41, 5.74) is 1.25.